The number of nitrogens with zero attached hydrogens (tertiary/aromatic N) is 1. The van der Waals surface area contributed by atoms with Crippen molar-refractivity contribution in [1.29, 1.82) is 0 Å². The van der Waals surface area contributed by atoms with Gasteiger partial charge in [-0.05, 0) is 32.7 Å². The van der Waals surface area contributed by atoms with E-state index >= 15 is 0 Å². The van der Waals surface area contributed by atoms with E-state index in [1.807, 2.05) is 0 Å². The fourth-order valence-corrected chi connectivity index (χ4v) is 5.89. The Morgan fingerprint density at radius 1 is 1.32 bits per heavy atom. The largest absolute Gasteiger partial charge is 0.297 e. The number of hydrogen-bond acceptors (Lipinski definition) is 3. The molecule has 4 heteroatoms. The highest BCUT2D eigenvalue weighted by Crippen LogP contribution is 2.37. The average Bonchev–Trinajstić information content (AvgIpc) is 2.93. The van der Waals surface area contributed by atoms with Crippen LogP contribution in [0.3, 0.4) is 0 Å². The summed E-state index contributed by atoms with van der Waals surface area (Å²) < 4.78 is 2.04. The Bertz CT molecular complexity index is 324. The second-order valence-electron chi connectivity index (χ2n) is 5.13. The molecule has 0 saturated carbocycles. The van der Waals surface area contributed by atoms with Crippen molar-refractivity contribution in [2.24, 2.45) is 0 Å². The average molecular weight is 362 g/mol. The quantitative estimate of drug-likeness (QED) is 0.641. The molecular formula is C15H24BrNS2. The van der Waals surface area contributed by atoms with Gasteiger partial charge in [0.25, 0.3) is 0 Å². The number of thioether (sulfide) groups is 2. The van der Waals surface area contributed by atoms with Gasteiger partial charge in [-0.1, -0.05) is 40.6 Å². The number of rotatable bonds is 5. The molecule has 0 bridgehead atoms. The van der Waals surface area contributed by atoms with Crippen LogP contribution >= 0.6 is 39.5 Å². The smallest absolute Gasteiger partial charge is 0.0517 e. The Kier molecular flexibility index (Phi) is 7.42. The Balaban J connectivity index is 1.82. The van der Waals surface area contributed by atoms with Crippen molar-refractivity contribution in [2.75, 3.05) is 24.6 Å². The van der Waals surface area contributed by atoms with Crippen LogP contribution in [-0.4, -0.2) is 40.1 Å². The molecule has 2 heterocycles. The number of likely N-dealkylation sites (tertiary alicyclic amines) is 1. The second-order valence-corrected chi connectivity index (χ2v) is 8.96. The van der Waals surface area contributed by atoms with Gasteiger partial charge in [0.2, 0.25) is 0 Å². The molecule has 2 aliphatic heterocycles. The molecule has 1 unspecified atom stereocenters. The van der Waals surface area contributed by atoms with Crippen molar-refractivity contribution in [3.8, 4) is 0 Å². The van der Waals surface area contributed by atoms with Gasteiger partial charge in [-0.15, -0.1) is 23.5 Å². The summed E-state index contributed by atoms with van der Waals surface area (Å²) in [7, 11) is 0. The Morgan fingerprint density at radius 3 is 2.84 bits per heavy atom. The lowest BCUT2D eigenvalue weighted by Gasteiger charge is -2.36. The zero-order valence-electron chi connectivity index (χ0n) is 11.7. The van der Waals surface area contributed by atoms with E-state index in [0.29, 0.717) is 0 Å². The Labute approximate surface area is 134 Å². The van der Waals surface area contributed by atoms with Gasteiger partial charge in [-0.3, -0.25) is 4.90 Å². The maximum absolute atomic E-state index is 3.54. The first kappa shape index (κ1) is 16.0. The van der Waals surface area contributed by atoms with Gasteiger partial charge in [0.1, 0.15) is 0 Å². The monoisotopic (exact) mass is 361 g/mol. The van der Waals surface area contributed by atoms with Gasteiger partial charge in [0, 0.05) is 28.6 Å². The van der Waals surface area contributed by atoms with Gasteiger partial charge >= 0.3 is 0 Å². The van der Waals surface area contributed by atoms with E-state index in [9.17, 15) is 0 Å². The molecule has 108 valence electrons. The summed E-state index contributed by atoms with van der Waals surface area (Å²) in [5, 5.41) is 0. The third-order valence-corrected chi connectivity index (χ3v) is 7.60. The first-order valence-corrected chi connectivity index (χ1v) is 10.1. The van der Waals surface area contributed by atoms with Gasteiger partial charge in [-0.25, -0.2) is 0 Å². The summed E-state index contributed by atoms with van der Waals surface area (Å²) in [6, 6.07) is 0.811. The topological polar surface area (TPSA) is 3.24 Å². The molecule has 0 aliphatic carbocycles. The van der Waals surface area contributed by atoms with E-state index in [1.54, 1.807) is 0 Å². The molecule has 0 radical (unpaired) electrons. The molecule has 2 saturated heterocycles. The molecule has 1 nitrogen and oxygen atoms in total. The van der Waals surface area contributed by atoms with Crippen molar-refractivity contribution in [2.45, 2.75) is 43.2 Å². The second kappa shape index (κ2) is 8.81. The highest BCUT2D eigenvalue weighted by molar-refractivity contribution is 9.11. The molecular weight excluding hydrogens is 338 g/mol. The lowest BCUT2D eigenvalue weighted by atomic mass is 10.00. The summed E-state index contributed by atoms with van der Waals surface area (Å²) in [5.41, 5.74) is 0. The standard InChI is InChI=1S/C15H24BrNS2/c1-2-13(16)6-5-9-17-8-4-3-7-14(17)12-15-18-10-11-19-15/h2,5-6,14-15H,3-4,7-12H2,1H3/b6-5+,13-2-. The summed E-state index contributed by atoms with van der Waals surface area (Å²) in [5.74, 6) is 2.71. The first-order chi connectivity index (χ1) is 9.29. The number of halogens is 1. The predicted molar refractivity (Wildman–Crippen MR) is 94.4 cm³/mol. The zero-order valence-corrected chi connectivity index (χ0v) is 14.9. The minimum atomic E-state index is 0.811. The van der Waals surface area contributed by atoms with Crippen LogP contribution in [-0.2, 0) is 0 Å². The Hall–Kier alpha value is 0.620. The maximum Gasteiger partial charge on any atom is 0.0517 e. The molecule has 0 aromatic rings. The van der Waals surface area contributed by atoms with Gasteiger partial charge in [-0.2, -0.15) is 0 Å². The first-order valence-electron chi connectivity index (χ1n) is 7.25. The van der Waals surface area contributed by atoms with Crippen molar-refractivity contribution in [1.82, 2.24) is 4.90 Å². The highest BCUT2D eigenvalue weighted by Gasteiger charge is 2.26. The summed E-state index contributed by atoms with van der Waals surface area (Å²) in [6.45, 7) is 4.45. The van der Waals surface area contributed by atoms with Gasteiger partial charge < -0.3 is 0 Å². The van der Waals surface area contributed by atoms with Crippen LogP contribution in [0.1, 0.15) is 32.6 Å². The Morgan fingerprint density at radius 2 is 2.11 bits per heavy atom. The predicted octanol–water partition coefficient (Wildman–Crippen LogP) is 4.89. The lowest BCUT2D eigenvalue weighted by molar-refractivity contribution is 0.160. The number of allylic oxidation sites excluding steroid dienone is 3. The third kappa shape index (κ3) is 5.49. The van der Waals surface area contributed by atoms with Crippen LogP contribution < -0.4 is 0 Å². The van der Waals surface area contributed by atoms with E-state index in [-0.39, 0.29) is 0 Å². The van der Waals surface area contributed by atoms with Gasteiger partial charge in [0.05, 0.1) is 4.58 Å². The lowest BCUT2D eigenvalue weighted by Crippen LogP contribution is -2.40. The SMILES string of the molecule is C/C=C(Br)/C=C/CN1CCCCC1CC1SCCS1. The van der Waals surface area contributed by atoms with Crippen molar-refractivity contribution < 1.29 is 0 Å². The van der Waals surface area contributed by atoms with Crippen LogP contribution in [0, 0.1) is 0 Å². The molecule has 19 heavy (non-hydrogen) atoms. The molecule has 0 aromatic carbocycles. The van der Waals surface area contributed by atoms with E-state index in [1.165, 1.54) is 48.2 Å². The van der Waals surface area contributed by atoms with E-state index in [4.69, 9.17) is 0 Å². The maximum atomic E-state index is 3.54. The molecule has 2 fully saturated rings. The summed E-state index contributed by atoms with van der Waals surface area (Å²) in [4.78, 5) is 2.69. The third-order valence-electron chi connectivity index (χ3n) is 3.80. The highest BCUT2D eigenvalue weighted by atomic mass is 79.9. The number of hydrogen-bond donors (Lipinski definition) is 0. The molecule has 0 N–H and O–H groups in total. The minimum Gasteiger partial charge on any atom is -0.297 e. The summed E-state index contributed by atoms with van der Waals surface area (Å²) >= 11 is 7.88. The minimum absolute atomic E-state index is 0.811. The molecule has 2 aliphatic rings. The van der Waals surface area contributed by atoms with Crippen LogP contribution in [0.25, 0.3) is 0 Å². The molecule has 0 spiro atoms. The van der Waals surface area contributed by atoms with Crippen molar-refractivity contribution in [3.63, 3.8) is 0 Å². The summed E-state index contributed by atoms with van der Waals surface area (Å²) in [6.07, 6.45) is 12.2. The van der Waals surface area contributed by atoms with Crippen molar-refractivity contribution in [3.05, 3.63) is 22.7 Å². The van der Waals surface area contributed by atoms with Crippen LogP contribution in [0.5, 0.6) is 0 Å². The fourth-order valence-electron chi connectivity index (χ4n) is 2.73. The fraction of sp³-hybridized carbons (Fsp3) is 0.733. The van der Waals surface area contributed by atoms with E-state index < -0.39 is 0 Å². The molecule has 1 atom stereocenters. The molecule has 0 aromatic heterocycles. The molecule has 2 rings (SSSR count). The van der Waals surface area contributed by atoms with Crippen LogP contribution in [0.15, 0.2) is 22.7 Å². The van der Waals surface area contributed by atoms with Crippen LogP contribution in [0.4, 0.5) is 0 Å². The number of piperidine rings is 1. The zero-order chi connectivity index (χ0) is 13.5. The van der Waals surface area contributed by atoms with Crippen LogP contribution in [0.2, 0.25) is 0 Å². The van der Waals surface area contributed by atoms with Crippen molar-refractivity contribution >= 4 is 39.5 Å². The molecule has 0 amide bonds. The normalized spacial score (nSPS) is 27.5. The van der Waals surface area contributed by atoms with E-state index in [0.717, 1.165) is 17.2 Å². The van der Waals surface area contributed by atoms with E-state index in [2.05, 4.69) is 69.5 Å². The van der Waals surface area contributed by atoms with Gasteiger partial charge in [0.15, 0.2) is 0 Å².